The third kappa shape index (κ3) is 4.25. The smallest absolute Gasteiger partial charge is 0.328 e. The van der Waals surface area contributed by atoms with Crippen LogP contribution in [0.5, 0.6) is 0 Å². The Kier molecular flexibility index (Phi) is 5.48. The van der Waals surface area contributed by atoms with Gasteiger partial charge in [-0.15, -0.1) is 0 Å². The number of primary amides is 1. The SMILES string of the molecule is NC(=O)NC(C(=O)NC(CO)C(=O)O)c1ccccc1. The first kappa shape index (κ1) is 15.4. The molecule has 0 aliphatic heterocycles. The van der Waals surface area contributed by atoms with Crippen molar-refractivity contribution < 1.29 is 24.6 Å². The summed E-state index contributed by atoms with van der Waals surface area (Å²) in [4.78, 5) is 33.7. The molecule has 1 aromatic carbocycles. The molecule has 0 aliphatic rings. The molecule has 1 rings (SSSR count). The van der Waals surface area contributed by atoms with Gasteiger partial charge in [-0.2, -0.15) is 0 Å². The number of hydrogen-bond acceptors (Lipinski definition) is 4. The lowest BCUT2D eigenvalue weighted by Crippen LogP contribution is -2.49. The molecular formula is C12H15N3O5. The average molecular weight is 281 g/mol. The predicted octanol–water partition coefficient (Wildman–Crippen LogP) is -1.04. The van der Waals surface area contributed by atoms with Gasteiger partial charge in [0, 0.05) is 0 Å². The van der Waals surface area contributed by atoms with Crippen LogP contribution in [0.3, 0.4) is 0 Å². The number of rotatable bonds is 6. The zero-order valence-corrected chi connectivity index (χ0v) is 10.4. The van der Waals surface area contributed by atoms with E-state index in [1.54, 1.807) is 30.3 Å². The highest BCUT2D eigenvalue weighted by atomic mass is 16.4. The van der Waals surface area contributed by atoms with Crippen molar-refractivity contribution in [2.75, 3.05) is 6.61 Å². The number of benzene rings is 1. The van der Waals surface area contributed by atoms with Crippen LogP contribution in [0.25, 0.3) is 0 Å². The molecule has 6 N–H and O–H groups in total. The maximum Gasteiger partial charge on any atom is 0.328 e. The number of aliphatic hydroxyl groups excluding tert-OH is 1. The third-order valence-electron chi connectivity index (χ3n) is 2.48. The molecule has 8 nitrogen and oxygen atoms in total. The summed E-state index contributed by atoms with van der Waals surface area (Å²) in [6, 6.07) is 4.66. The van der Waals surface area contributed by atoms with Gasteiger partial charge in [-0.3, -0.25) is 4.79 Å². The van der Waals surface area contributed by atoms with Gasteiger partial charge in [0.15, 0.2) is 0 Å². The Balaban J connectivity index is 2.91. The number of carboxylic acid groups (broad SMARTS) is 1. The molecular weight excluding hydrogens is 266 g/mol. The van der Waals surface area contributed by atoms with E-state index >= 15 is 0 Å². The number of nitrogens with one attached hydrogen (secondary N) is 2. The second-order valence-electron chi connectivity index (χ2n) is 3.93. The number of carbonyl (C=O) groups is 3. The van der Waals surface area contributed by atoms with Crippen molar-refractivity contribution >= 4 is 17.9 Å². The van der Waals surface area contributed by atoms with Crippen LogP contribution in [0, 0.1) is 0 Å². The second-order valence-corrected chi connectivity index (χ2v) is 3.93. The maximum absolute atomic E-state index is 12.0. The molecule has 1 aromatic rings. The first-order valence-electron chi connectivity index (χ1n) is 5.70. The van der Waals surface area contributed by atoms with Crippen molar-refractivity contribution in [3.63, 3.8) is 0 Å². The summed E-state index contributed by atoms with van der Waals surface area (Å²) < 4.78 is 0. The summed E-state index contributed by atoms with van der Waals surface area (Å²) in [6.07, 6.45) is 0. The molecule has 0 radical (unpaired) electrons. The second kappa shape index (κ2) is 7.10. The minimum atomic E-state index is -1.46. The normalized spacial score (nSPS) is 13.1. The molecule has 0 aromatic heterocycles. The standard InChI is InChI=1S/C12H15N3O5/c13-12(20)15-9(7-4-2-1-3-5-7)10(17)14-8(6-16)11(18)19/h1-5,8-9,16H,6H2,(H,14,17)(H,18,19)(H3,13,15,20). The van der Waals surface area contributed by atoms with Crippen LogP contribution in [-0.2, 0) is 9.59 Å². The maximum atomic E-state index is 12.0. The lowest BCUT2D eigenvalue weighted by molar-refractivity contribution is -0.143. The molecule has 0 saturated heterocycles. The van der Waals surface area contributed by atoms with Gasteiger partial charge in [0.2, 0.25) is 5.91 Å². The Morgan fingerprint density at radius 2 is 1.75 bits per heavy atom. The van der Waals surface area contributed by atoms with E-state index in [-0.39, 0.29) is 0 Å². The molecule has 0 saturated carbocycles. The zero-order chi connectivity index (χ0) is 15.1. The fourth-order valence-corrected chi connectivity index (χ4v) is 1.53. The summed E-state index contributed by atoms with van der Waals surface area (Å²) in [7, 11) is 0. The van der Waals surface area contributed by atoms with E-state index in [0.29, 0.717) is 5.56 Å². The van der Waals surface area contributed by atoms with Crippen LogP contribution in [0.4, 0.5) is 4.79 Å². The number of carbonyl (C=O) groups excluding carboxylic acids is 2. The molecule has 8 heteroatoms. The fraction of sp³-hybridized carbons (Fsp3) is 0.250. The Morgan fingerprint density at radius 3 is 2.20 bits per heavy atom. The van der Waals surface area contributed by atoms with Gasteiger partial charge in [-0.05, 0) is 5.56 Å². The van der Waals surface area contributed by atoms with Gasteiger partial charge in [0.05, 0.1) is 6.61 Å². The molecule has 0 heterocycles. The van der Waals surface area contributed by atoms with E-state index in [2.05, 4.69) is 10.6 Å². The Morgan fingerprint density at radius 1 is 1.15 bits per heavy atom. The minimum Gasteiger partial charge on any atom is -0.480 e. The number of amides is 3. The highest BCUT2D eigenvalue weighted by molar-refractivity contribution is 5.90. The summed E-state index contributed by atoms with van der Waals surface area (Å²) >= 11 is 0. The third-order valence-corrected chi connectivity index (χ3v) is 2.48. The largest absolute Gasteiger partial charge is 0.480 e. The van der Waals surface area contributed by atoms with Gasteiger partial charge in [0.1, 0.15) is 12.1 Å². The van der Waals surface area contributed by atoms with Crippen molar-refractivity contribution in [2.24, 2.45) is 5.73 Å². The van der Waals surface area contributed by atoms with E-state index in [0.717, 1.165) is 0 Å². The van der Waals surface area contributed by atoms with Crippen molar-refractivity contribution in [1.29, 1.82) is 0 Å². The number of aliphatic hydroxyl groups is 1. The quantitative estimate of drug-likeness (QED) is 0.452. The first-order valence-corrected chi connectivity index (χ1v) is 5.70. The van der Waals surface area contributed by atoms with E-state index in [4.69, 9.17) is 15.9 Å². The molecule has 0 bridgehead atoms. The summed E-state index contributed by atoms with van der Waals surface area (Å²) in [6.45, 7) is -0.765. The van der Waals surface area contributed by atoms with Crippen LogP contribution in [-0.4, -0.2) is 40.8 Å². The molecule has 0 spiro atoms. The van der Waals surface area contributed by atoms with E-state index in [1.807, 2.05) is 0 Å². The fourth-order valence-electron chi connectivity index (χ4n) is 1.53. The molecule has 20 heavy (non-hydrogen) atoms. The Bertz CT molecular complexity index is 491. The van der Waals surface area contributed by atoms with Crippen molar-refractivity contribution in [3.8, 4) is 0 Å². The van der Waals surface area contributed by atoms with E-state index in [9.17, 15) is 14.4 Å². The number of nitrogens with two attached hydrogens (primary N) is 1. The Labute approximate surface area is 114 Å². The molecule has 3 amide bonds. The summed E-state index contributed by atoms with van der Waals surface area (Å²) in [5.74, 6) is -2.16. The summed E-state index contributed by atoms with van der Waals surface area (Å²) in [5.41, 5.74) is 5.43. The van der Waals surface area contributed by atoms with E-state index < -0.39 is 36.6 Å². The minimum absolute atomic E-state index is 0.436. The zero-order valence-electron chi connectivity index (χ0n) is 10.4. The lowest BCUT2D eigenvalue weighted by Gasteiger charge is -2.20. The van der Waals surface area contributed by atoms with Crippen LogP contribution in [0.1, 0.15) is 11.6 Å². The number of urea groups is 1. The van der Waals surface area contributed by atoms with Gasteiger partial charge < -0.3 is 26.6 Å². The highest BCUT2D eigenvalue weighted by Gasteiger charge is 2.26. The van der Waals surface area contributed by atoms with Crippen LogP contribution < -0.4 is 16.4 Å². The van der Waals surface area contributed by atoms with Crippen molar-refractivity contribution in [1.82, 2.24) is 10.6 Å². The van der Waals surface area contributed by atoms with Gasteiger partial charge in [0.25, 0.3) is 0 Å². The highest BCUT2D eigenvalue weighted by Crippen LogP contribution is 2.12. The van der Waals surface area contributed by atoms with Gasteiger partial charge in [-0.1, -0.05) is 30.3 Å². The topological polar surface area (TPSA) is 142 Å². The molecule has 0 aliphatic carbocycles. The van der Waals surface area contributed by atoms with Crippen LogP contribution in [0.2, 0.25) is 0 Å². The molecule has 2 unspecified atom stereocenters. The van der Waals surface area contributed by atoms with Crippen molar-refractivity contribution in [2.45, 2.75) is 12.1 Å². The monoisotopic (exact) mass is 281 g/mol. The predicted molar refractivity (Wildman–Crippen MR) is 68.6 cm³/mol. The van der Waals surface area contributed by atoms with Crippen LogP contribution in [0.15, 0.2) is 30.3 Å². The number of aliphatic carboxylic acids is 1. The van der Waals surface area contributed by atoms with E-state index in [1.165, 1.54) is 0 Å². The van der Waals surface area contributed by atoms with Gasteiger partial charge in [-0.25, -0.2) is 9.59 Å². The summed E-state index contributed by atoms with van der Waals surface area (Å²) in [5, 5.41) is 22.0. The average Bonchev–Trinajstić information content (AvgIpc) is 2.42. The molecule has 108 valence electrons. The van der Waals surface area contributed by atoms with Crippen molar-refractivity contribution in [3.05, 3.63) is 35.9 Å². The first-order chi connectivity index (χ1) is 9.45. The number of hydrogen-bond donors (Lipinski definition) is 5. The van der Waals surface area contributed by atoms with Crippen LogP contribution >= 0.6 is 0 Å². The Hall–Kier alpha value is -2.61. The molecule has 0 fully saturated rings. The molecule has 2 atom stereocenters. The van der Waals surface area contributed by atoms with Gasteiger partial charge >= 0.3 is 12.0 Å². The number of carboxylic acids is 1. The lowest BCUT2D eigenvalue weighted by atomic mass is 10.1.